The number of amides is 2. The van der Waals surface area contributed by atoms with Crippen molar-refractivity contribution in [3.05, 3.63) is 53.0 Å². The summed E-state index contributed by atoms with van der Waals surface area (Å²) in [6.07, 6.45) is 0. The molecule has 26 heavy (non-hydrogen) atoms. The molecule has 3 rings (SSSR count). The number of hydrazine groups is 1. The van der Waals surface area contributed by atoms with E-state index in [9.17, 15) is 4.79 Å². The van der Waals surface area contributed by atoms with E-state index in [0.29, 0.717) is 24.7 Å². The number of hydrogen-bond acceptors (Lipinski definition) is 7. The molecule has 0 saturated carbocycles. The molecule has 11 heteroatoms. The third-order valence-corrected chi connectivity index (χ3v) is 4.02. The number of urea groups is 1. The van der Waals surface area contributed by atoms with Crippen LogP contribution in [0.5, 0.6) is 0 Å². The van der Waals surface area contributed by atoms with Gasteiger partial charge in [-0.15, -0.1) is 0 Å². The number of rotatable bonds is 7. The molecule has 2 amide bonds. The van der Waals surface area contributed by atoms with Crippen LogP contribution in [0.15, 0.2) is 36.5 Å². The van der Waals surface area contributed by atoms with E-state index in [4.69, 9.17) is 11.6 Å². The highest BCUT2D eigenvalue weighted by Gasteiger charge is 2.23. The molecule has 0 radical (unpaired) electrons. The van der Waals surface area contributed by atoms with E-state index < -0.39 is 0 Å². The molecule has 0 spiro atoms. The van der Waals surface area contributed by atoms with E-state index in [1.165, 1.54) is 10.6 Å². The van der Waals surface area contributed by atoms with Gasteiger partial charge < -0.3 is 10.6 Å². The van der Waals surface area contributed by atoms with Crippen molar-refractivity contribution in [3.8, 4) is 0 Å². The number of carbonyl (C=O) groups excluding carboxylic acids is 1. The average Bonchev–Trinajstić information content (AvgIpc) is 2.91. The summed E-state index contributed by atoms with van der Waals surface area (Å²) < 4.78 is 3.08. The van der Waals surface area contributed by atoms with Gasteiger partial charge in [0.2, 0.25) is 17.2 Å². The Morgan fingerprint density at radius 2 is 1.81 bits per heavy atom. The first kappa shape index (κ1) is 18.6. The van der Waals surface area contributed by atoms with Gasteiger partial charge in [0.1, 0.15) is 0 Å². The minimum absolute atomic E-state index is 0.0203. The molecule has 0 aliphatic carbocycles. The fourth-order valence-electron chi connectivity index (χ4n) is 2.24. The first-order valence-corrected chi connectivity index (χ1v) is 9.09. The lowest BCUT2D eigenvalue weighted by molar-refractivity contribution is 0.225. The Morgan fingerprint density at radius 3 is 2.42 bits per heavy atom. The van der Waals surface area contributed by atoms with Crippen molar-refractivity contribution in [2.24, 2.45) is 0 Å². The Kier molecular flexibility index (Phi) is 6.06. The standard InChI is InChI=1S/C15H16ClIN8O/c1-9-8-25(15(26)20-9)24-14-22-12(16)21-13(23-14)18-6-10-2-4-11(5-3-10)7-19-17/h2-5,19H,1,6-8H2,(H,20,26)(H2,18,21,22,23,24). The van der Waals surface area contributed by atoms with Gasteiger partial charge in [-0.3, -0.25) is 8.96 Å². The SMILES string of the molecule is C=C1CN(Nc2nc(Cl)nc(NCc3ccc(CNI)cc3)n2)C(=O)N1. The van der Waals surface area contributed by atoms with Gasteiger partial charge in [-0.25, -0.2) is 9.80 Å². The van der Waals surface area contributed by atoms with Gasteiger partial charge in [0.05, 0.1) is 6.54 Å². The summed E-state index contributed by atoms with van der Waals surface area (Å²) in [5.41, 5.74) is 5.64. The van der Waals surface area contributed by atoms with Gasteiger partial charge in [-0.2, -0.15) is 15.0 Å². The third kappa shape index (κ3) is 4.93. The normalized spacial score (nSPS) is 13.7. The second-order valence-electron chi connectivity index (χ2n) is 5.46. The largest absolute Gasteiger partial charge is 0.350 e. The number of aromatic nitrogens is 3. The molecule has 1 aliphatic heterocycles. The molecule has 1 aliphatic rings. The summed E-state index contributed by atoms with van der Waals surface area (Å²) in [7, 11) is 0. The van der Waals surface area contributed by atoms with E-state index in [2.05, 4.69) is 76.1 Å². The van der Waals surface area contributed by atoms with E-state index >= 15 is 0 Å². The summed E-state index contributed by atoms with van der Waals surface area (Å²) in [6.45, 7) is 5.35. The van der Waals surface area contributed by atoms with Crippen molar-refractivity contribution in [1.29, 1.82) is 0 Å². The van der Waals surface area contributed by atoms with Crippen LogP contribution in [0.4, 0.5) is 16.7 Å². The van der Waals surface area contributed by atoms with Crippen molar-refractivity contribution in [3.63, 3.8) is 0 Å². The van der Waals surface area contributed by atoms with Gasteiger partial charge in [-0.05, 0) is 22.7 Å². The lowest BCUT2D eigenvalue weighted by Crippen LogP contribution is -2.34. The first-order valence-electron chi connectivity index (χ1n) is 7.63. The molecule has 4 N–H and O–H groups in total. The number of halogens is 2. The van der Waals surface area contributed by atoms with Gasteiger partial charge in [-0.1, -0.05) is 30.8 Å². The molecule has 1 saturated heterocycles. The second kappa shape index (κ2) is 8.47. The number of hydrogen-bond donors (Lipinski definition) is 4. The van der Waals surface area contributed by atoms with Crippen molar-refractivity contribution >= 4 is 52.4 Å². The Bertz CT molecular complexity index is 816. The molecule has 1 aromatic carbocycles. The van der Waals surface area contributed by atoms with Gasteiger partial charge in [0.25, 0.3) is 0 Å². The van der Waals surface area contributed by atoms with E-state index in [1.54, 1.807) is 0 Å². The highest BCUT2D eigenvalue weighted by atomic mass is 127. The van der Waals surface area contributed by atoms with Crippen LogP contribution < -0.4 is 19.6 Å². The van der Waals surface area contributed by atoms with Crippen molar-refractivity contribution in [2.75, 3.05) is 17.3 Å². The zero-order chi connectivity index (χ0) is 18.5. The number of nitrogens with zero attached hydrogens (tertiary/aromatic N) is 4. The second-order valence-corrected chi connectivity index (χ2v) is 6.56. The van der Waals surface area contributed by atoms with Crippen LogP contribution in [0.1, 0.15) is 11.1 Å². The smallest absolute Gasteiger partial charge is 0.340 e. The number of benzene rings is 1. The minimum Gasteiger partial charge on any atom is -0.350 e. The average molecular weight is 487 g/mol. The quantitative estimate of drug-likeness (QED) is 0.352. The highest BCUT2D eigenvalue weighted by molar-refractivity contribution is 14.1. The monoisotopic (exact) mass is 486 g/mol. The van der Waals surface area contributed by atoms with Gasteiger partial charge in [0, 0.05) is 41.7 Å². The molecule has 1 aromatic heterocycles. The molecule has 2 aromatic rings. The minimum atomic E-state index is -0.331. The fraction of sp³-hybridized carbons (Fsp3) is 0.200. The Morgan fingerprint density at radius 1 is 1.15 bits per heavy atom. The zero-order valence-corrected chi connectivity index (χ0v) is 16.5. The maximum Gasteiger partial charge on any atom is 0.340 e. The lowest BCUT2D eigenvalue weighted by atomic mass is 10.1. The molecule has 9 nitrogen and oxygen atoms in total. The van der Waals surface area contributed by atoms with Crippen LogP contribution in [0, 0.1) is 0 Å². The maximum absolute atomic E-state index is 11.7. The molecule has 0 unspecified atom stereocenters. The fourth-order valence-corrected chi connectivity index (χ4v) is 2.84. The van der Waals surface area contributed by atoms with Crippen LogP contribution >= 0.6 is 34.5 Å². The van der Waals surface area contributed by atoms with E-state index in [0.717, 1.165) is 12.1 Å². The number of anilines is 2. The van der Waals surface area contributed by atoms with Crippen LogP contribution in [0.25, 0.3) is 0 Å². The van der Waals surface area contributed by atoms with Crippen molar-refractivity contribution in [2.45, 2.75) is 13.1 Å². The van der Waals surface area contributed by atoms with Gasteiger partial charge >= 0.3 is 6.03 Å². The topological polar surface area (TPSA) is 107 Å². The summed E-state index contributed by atoms with van der Waals surface area (Å²) >= 11 is 8.06. The zero-order valence-electron chi connectivity index (χ0n) is 13.6. The lowest BCUT2D eigenvalue weighted by Gasteiger charge is -2.15. The van der Waals surface area contributed by atoms with Crippen LogP contribution in [-0.2, 0) is 13.1 Å². The molecule has 136 valence electrons. The van der Waals surface area contributed by atoms with Crippen molar-refractivity contribution < 1.29 is 4.79 Å². The predicted molar refractivity (Wildman–Crippen MR) is 107 cm³/mol. The Hall–Kier alpha value is -2.18. The number of nitrogens with one attached hydrogen (secondary N) is 4. The maximum atomic E-state index is 11.7. The highest BCUT2D eigenvalue weighted by Crippen LogP contribution is 2.14. The van der Waals surface area contributed by atoms with E-state index in [-0.39, 0.29) is 17.3 Å². The molecular weight excluding hydrogens is 471 g/mol. The first-order chi connectivity index (χ1) is 12.5. The molecule has 0 atom stereocenters. The number of carbonyl (C=O) groups is 1. The van der Waals surface area contributed by atoms with Crippen molar-refractivity contribution in [1.82, 2.24) is 28.8 Å². The van der Waals surface area contributed by atoms with Gasteiger partial charge in [0.15, 0.2) is 0 Å². The third-order valence-electron chi connectivity index (χ3n) is 3.47. The molecule has 0 bridgehead atoms. The summed E-state index contributed by atoms with van der Waals surface area (Å²) in [5.74, 6) is 0.477. The van der Waals surface area contributed by atoms with Crippen LogP contribution in [0.3, 0.4) is 0 Å². The van der Waals surface area contributed by atoms with Crippen LogP contribution in [0.2, 0.25) is 5.28 Å². The van der Waals surface area contributed by atoms with E-state index in [1.807, 2.05) is 12.1 Å². The molecule has 2 heterocycles. The molecule has 1 fully saturated rings. The Labute approximate surface area is 169 Å². The summed E-state index contributed by atoms with van der Waals surface area (Å²) in [4.78, 5) is 24.0. The van der Waals surface area contributed by atoms with Crippen LogP contribution in [-0.4, -0.2) is 32.5 Å². The Balaban J connectivity index is 1.63. The summed E-state index contributed by atoms with van der Waals surface area (Å²) in [5, 5.41) is 7.00. The molecular formula is C15H16ClIN8O. The summed E-state index contributed by atoms with van der Waals surface area (Å²) in [6, 6.07) is 7.82. The predicted octanol–water partition coefficient (Wildman–Crippen LogP) is 2.44.